The number of aliphatic carboxylic acids is 4. The van der Waals surface area contributed by atoms with E-state index >= 15 is 0 Å². The second-order valence-corrected chi connectivity index (χ2v) is 4.25. The average Bonchev–Trinajstić information content (AvgIpc) is 2.56. The SMILES string of the molecule is O=C(O)C[C@H]1[C@H](C(=O)O)[C@@H](C(=O)O)C[C@H]1C(=O)O. The topological polar surface area (TPSA) is 149 Å². The molecular weight excluding hydrogens is 248 g/mol. The van der Waals surface area contributed by atoms with E-state index in [-0.39, 0.29) is 6.42 Å². The molecule has 18 heavy (non-hydrogen) atoms. The van der Waals surface area contributed by atoms with E-state index in [0.29, 0.717) is 0 Å². The van der Waals surface area contributed by atoms with E-state index in [1.54, 1.807) is 0 Å². The molecule has 1 aliphatic carbocycles. The third-order valence-electron chi connectivity index (χ3n) is 3.25. The molecule has 0 aromatic rings. The quantitative estimate of drug-likeness (QED) is 0.520. The second-order valence-electron chi connectivity index (χ2n) is 4.25. The van der Waals surface area contributed by atoms with Gasteiger partial charge in [-0.3, -0.25) is 19.2 Å². The summed E-state index contributed by atoms with van der Waals surface area (Å²) in [4.78, 5) is 43.5. The summed E-state index contributed by atoms with van der Waals surface area (Å²) >= 11 is 0. The van der Waals surface area contributed by atoms with Gasteiger partial charge in [-0.05, 0) is 12.3 Å². The van der Waals surface area contributed by atoms with Gasteiger partial charge < -0.3 is 20.4 Å². The van der Waals surface area contributed by atoms with Gasteiger partial charge in [-0.1, -0.05) is 0 Å². The third kappa shape index (κ3) is 2.58. The molecular formula is C10H12O8. The average molecular weight is 260 g/mol. The van der Waals surface area contributed by atoms with Crippen LogP contribution < -0.4 is 0 Å². The van der Waals surface area contributed by atoms with Crippen LogP contribution >= 0.6 is 0 Å². The molecule has 4 N–H and O–H groups in total. The first-order valence-corrected chi connectivity index (χ1v) is 5.16. The van der Waals surface area contributed by atoms with Crippen LogP contribution in [0.15, 0.2) is 0 Å². The fourth-order valence-corrected chi connectivity index (χ4v) is 2.51. The lowest BCUT2D eigenvalue weighted by atomic mass is 9.84. The Balaban J connectivity index is 3.10. The molecule has 1 rings (SSSR count). The third-order valence-corrected chi connectivity index (χ3v) is 3.25. The van der Waals surface area contributed by atoms with E-state index in [9.17, 15) is 19.2 Å². The van der Waals surface area contributed by atoms with Crippen LogP contribution in [0.3, 0.4) is 0 Å². The Morgan fingerprint density at radius 3 is 1.67 bits per heavy atom. The summed E-state index contributed by atoms with van der Waals surface area (Å²) in [6, 6.07) is 0. The lowest BCUT2D eigenvalue weighted by molar-refractivity contribution is -0.155. The molecule has 1 fully saturated rings. The van der Waals surface area contributed by atoms with Gasteiger partial charge in [0.15, 0.2) is 0 Å². The monoisotopic (exact) mass is 260 g/mol. The van der Waals surface area contributed by atoms with E-state index in [4.69, 9.17) is 20.4 Å². The molecule has 1 saturated carbocycles. The Labute approximate surface area is 101 Å². The first kappa shape index (κ1) is 13.9. The van der Waals surface area contributed by atoms with Crippen molar-refractivity contribution >= 4 is 23.9 Å². The minimum atomic E-state index is -1.49. The molecule has 4 atom stereocenters. The summed E-state index contributed by atoms with van der Waals surface area (Å²) in [5.41, 5.74) is 0. The summed E-state index contributed by atoms with van der Waals surface area (Å²) in [7, 11) is 0. The van der Waals surface area contributed by atoms with Crippen LogP contribution in [0.1, 0.15) is 12.8 Å². The van der Waals surface area contributed by atoms with Crippen molar-refractivity contribution in [3.8, 4) is 0 Å². The Bertz CT molecular complexity index is 401. The molecule has 8 nitrogen and oxygen atoms in total. The molecule has 0 spiro atoms. The maximum Gasteiger partial charge on any atom is 0.307 e. The fraction of sp³-hybridized carbons (Fsp3) is 0.600. The van der Waals surface area contributed by atoms with Crippen LogP contribution in [0.2, 0.25) is 0 Å². The van der Waals surface area contributed by atoms with Crippen molar-refractivity contribution in [3.05, 3.63) is 0 Å². The Kier molecular flexibility index (Phi) is 3.89. The summed E-state index contributed by atoms with van der Waals surface area (Å²) in [6.07, 6.45) is -1.03. The number of hydrogen-bond acceptors (Lipinski definition) is 4. The summed E-state index contributed by atoms with van der Waals surface area (Å²) < 4.78 is 0. The molecule has 0 saturated heterocycles. The zero-order valence-electron chi connectivity index (χ0n) is 9.15. The number of rotatable bonds is 5. The highest BCUT2D eigenvalue weighted by atomic mass is 16.4. The van der Waals surface area contributed by atoms with Gasteiger partial charge in [0.2, 0.25) is 0 Å². The van der Waals surface area contributed by atoms with E-state index in [2.05, 4.69) is 0 Å². The number of hydrogen-bond donors (Lipinski definition) is 4. The Morgan fingerprint density at radius 1 is 0.833 bits per heavy atom. The first-order valence-electron chi connectivity index (χ1n) is 5.16. The molecule has 0 amide bonds. The van der Waals surface area contributed by atoms with Crippen molar-refractivity contribution in [2.45, 2.75) is 12.8 Å². The molecule has 100 valence electrons. The highest BCUT2D eigenvalue weighted by Gasteiger charge is 2.53. The Hall–Kier alpha value is -2.12. The molecule has 0 radical (unpaired) electrons. The van der Waals surface area contributed by atoms with E-state index in [0.717, 1.165) is 0 Å². The van der Waals surface area contributed by atoms with E-state index in [1.165, 1.54) is 0 Å². The van der Waals surface area contributed by atoms with Gasteiger partial charge in [0.25, 0.3) is 0 Å². The first-order chi connectivity index (χ1) is 8.25. The van der Waals surface area contributed by atoms with Crippen LogP contribution in [0.5, 0.6) is 0 Å². The molecule has 0 heterocycles. The summed E-state index contributed by atoms with van der Waals surface area (Å²) in [5, 5.41) is 35.4. The minimum Gasteiger partial charge on any atom is -0.481 e. The lowest BCUT2D eigenvalue weighted by Crippen LogP contribution is -2.32. The van der Waals surface area contributed by atoms with Crippen LogP contribution in [0.25, 0.3) is 0 Å². The molecule has 0 bridgehead atoms. The number of carboxylic acids is 4. The van der Waals surface area contributed by atoms with Gasteiger partial charge in [-0.25, -0.2) is 0 Å². The highest BCUT2D eigenvalue weighted by Crippen LogP contribution is 2.44. The predicted octanol–water partition coefficient (Wildman–Crippen LogP) is -0.417. The van der Waals surface area contributed by atoms with Gasteiger partial charge in [-0.2, -0.15) is 0 Å². The van der Waals surface area contributed by atoms with Crippen molar-refractivity contribution in [3.63, 3.8) is 0 Å². The van der Waals surface area contributed by atoms with Crippen molar-refractivity contribution in [2.24, 2.45) is 23.7 Å². The van der Waals surface area contributed by atoms with Crippen molar-refractivity contribution in [2.75, 3.05) is 0 Å². The zero-order valence-corrected chi connectivity index (χ0v) is 9.15. The maximum absolute atomic E-state index is 11.0. The normalized spacial score (nSPS) is 30.9. The largest absolute Gasteiger partial charge is 0.481 e. The smallest absolute Gasteiger partial charge is 0.307 e. The molecule has 8 heteroatoms. The van der Waals surface area contributed by atoms with Crippen LogP contribution in [-0.4, -0.2) is 44.3 Å². The molecule has 0 aromatic heterocycles. The number of carboxylic acid groups (broad SMARTS) is 4. The van der Waals surface area contributed by atoms with E-state index < -0.39 is 54.0 Å². The summed E-state index contributed by atoms with van der Waals surface area (Å²) in [5.74, 6) is -10.9. The molecule has 0 unspecified atom stereocenters. The van der Waals surface area contributed by atoms with Crippen LogP contribution in [0.4, 0.5) is 0 Å². The van der Waals surface area contributed by atoms with Gasteiger partial charge in [0.05, 0.1) is 17.8 Å². The van der Waals surface area contributed by atoms with Crippen molar-refractivity contribution in [1.29, 1.82) is 0 Å². The van der Waals surface area contributed by atoms with Crippen LogP contribution in [0, 0.1) is 23.7 Å². The van der Waals surface area contributed by atoms with Gasteiger partial charge in [0.1, 0.15) is 0 Å². The molecule has 0 aromatic carbocycles. The molecule has 0 aliphatic heterocycles. The van der Waals surface area contributed by atoms with E-state index in [1.807, 2.05) is 0 Å². The second kappa shape index (κ2) is 5.03. The van der Waals surface area contributed by atoms with Crippen molar-refractivity contribution in [1.82, 2.24) is 0 Å². The maximum atomic E-state index is 11.0. The highest BCUT2D eigenvalue weighted by molar-refractivity contribution is 5.85. The Morgan fingerprint density at radius 2 is 1.33 bits per heavy atom. The molecule has 1 aliphatic rings. The zero-order chi connectivity index (χ0) is 14.0. The number of carbonyl (C=O) groups is 4. The standard InChI is InChI=1S/C10H12O8/c11-6(12)2-3-4(8(13)14)1-5(9(15)16)7(3)10(17)18/h3-5,7H,1-2H2,(H,11,12)(H,13,14)(H,15,16)(H,17,18)/t3-,4-,5+,7+/m1/s1. The lowest BCUT2D eigenvalue weighted by Gasteiger charge is -2.18. The summed E-state index contributed by atoms with van der Waals surface area (Å²) in [6.45, 7) is 0. The van der Waals surface area contributed by atoms with Crippen LogP contribution in [-0.2, 0) is 19.2 Å². The predicted molar refractivity (Wildman–Crippen MR) is 53.7 cm³/mol. The van der Waals surface area contributed by atoms with Crippen molar-refractivity contribution < 1.29 is 39.6 Å². The fourth-order valence-electron chi connectivity index (χ4n) is 2.51. The van der Waals surface area contributed by atoms with Gasteiger partial charge in [-0.15, -0.1) is 0 Å². The van der Waals surface area contributed by atoms with Gasteiger partial charge >= 0.3 is 23.9 Å². The van der Waals surface area contributed by atoms with Gasteiger partial charge in [0, 0.05) is 6.42 Å². The minimum absolute atomic E-state index is 0.362.